The number of hydrogen-bond donors (Lipinski definition) is 11. The number of piperidine rings is 1. The first kappa shape index (κ1) is 60.1. The first-order valence-electron chi connectivity index (χ1n) is 25.7. The summed E-state index contributed by atoms with van der Waals surface area (Å²) in [4.78, 5) is 130. The van der Waals surface area contributed by atoms with Crippen molar-refractivity contribution in [1.82, 2.24) is 36.4 Å². The average Bonchev–Trinajstić information content (AvgIpc) is 3.38. The van der Waals surface area contributed by atoms with Crippen LogP contribution in [-0.2, 0) is 67.2 Å². The molecule has 418 valence electrons. The first-order chi connectivity index (χ1) is 36.4. The van der Waals surface area contributed by atoms with E-state index in [2.05, 4.69) is 26.6 Å². The fourth-order valence-corrected chi connectivity index (χ4v) is 9.10. The lowest BCUT2D eigenvalue weighted by Crippen LogP contribution is -2.65. The highest BCUT2D eigenvalue weighted by atomic mass is 16.5. The second kappa shape index (κ2) is 27.3. The molecule has 3 aromatic carbocycles. The number of aliphatic hydroxyl groups is 2. The zero-order valence-electron chi connectivity index (χ0n) is 44.0. The number of aliphatic hydroxyl groups excluding tert-OH is 2. The third-order valence-electron chi connectivity index (χ3n) is 13.8. The molecule has 0 unspecified atom stereocenters. The number of hydrogen-bond acceptors (Lipinski definition) is 15. The Hall–Kier alpha value is -7.79. The molecule has 3 aromatic rings. The van der Waals surface area contributed by atoms with Gasteiger partial charge in [0.2, 0.25) is 47.3 Å². The molecule has 0 saturated carbocycles. The normalized spacial score (nSPS) is 24.2. The molecule has 23 heteroatoms. The van der Waals surface area contributed by atoms with E-state index in [1.54, 1.807) is 27.7 Å². The van der Waals surface area contributed by atoms with Crippen LogP contribution in [0.3, 0.4) is 0 Å². The first-order valence-corrected chi connectivity index (χ1v) is 25.7. The number of cyclic esters (lactones) is 1. The number of nitrogens with one attached hydrogen (secondary N) is 5. The van der Waals surface area contributed by atoms with E-state index in [-0.39, 0.29) is 68.1 Å². The Balaban J connectivity index is 1.62. The molecule has 77 heavy (non-hydrogen) atoms. The number of likely N-dealkylation sites (N-methyl/N-ethyl adjacent to an activating group) is 1. The number of esters is 1. The number of phenols is 3. The Bertz CT molecular complexity index is 2580. The lowest BCUT2D eigenvalue weighted by molar-refractivity contribution is -0.166. The summed E-state index contributed by atoms with van der Waals surface area (Å²) in [7, 11) is 1.34. The van der Waals surface area contributed by atoms with Crippen molar-refractivity contribution in [3.63, 3.8) is 0 Å². The maximum absolute atomic E-state index is 14.9. The van der Waals surface area contributed by atoms with Gasteiger partial charge in [-0.3, -0.25) is 38.4 Å². The number of carbonyl (C=O) groups is 9. The number of primary amides is 1. The molecule has 0 aliphatic carbocycles. The Morgan fingerprint density at radius 3 is 1.84 bits per heavy atom. The molecule has 0 radical (unpaired) electrons. The topological polar surface area (TPSA) is 357 Å². The van der Waals surface area contributed by atoms with Gasteiger partial charge in [0.15, 0.2) is 0 Å². The number of phenolic OH excluding ortho intramolecular Hbond substituents is 3. The maximum atomic E-state index is 14.9. The summed E-state index contributed by atoms with van der Waals surface area (Å²) in [6, 6.07) is 6.22. The number of amides is 8. The summed E-state index contributed by atoms with van der Waals surface area (Å²) in [5.74, 6) is -9.89. The van der Waals surface area contributed by atoms with E-state index in [1.807, 2.05) is 0 Å². The predicted molar refractivity (Wildman–Crippen MR) is 276 cm³/mol. The van der Waals surface area contributed by atoms with Crippen molar-refractivity contribution in [3.8, 4) is 17.2 Å². The van der Waals surface area contributed by atoms with Crippen LogP contribution in [0.5, 0.6) is 17.2 Å². The molecule has 2 heterocycles. The molecule has 11 atom stereocenters. The monoisotopic (exact) mass is 1070 g/mol. The molecule has 12 N–H and O–H groups in total. The lowest BCUT2D eigenvalue weighted by atomic mass is 9.94. The van der Waals surface area contributed by atoms with Crippen LogP contribution in [0.25, 0.3) is 0 Å². The summed E-state index contributed by atoms with van der Waals surface area (Å²) in [6.07, 6.45) is -6.54. The SMILES string of the molecule is CC[C@H](C)[C@@H]1NC(=O)[C@H](Cc2ccc(O)cc2)N(C)C(=O)[C@H](CC(C)C)N2C(=O)[C@H](CC[C@H]2O)NC(=O)[C@H](Cc2ccc(O)cc2)NC(=O)[C@H](NC(=O)[C@H](CCC(N)=O)NC(=O)[C@H](O)Cc2ccc(O)cc2)[C@@H](C)OC1=O. The Morgan fingerprint density at radius 2 is 1.30 bits per heavy atom. The second-order valence-corrected chi connectivity index (χ2v) is 20.2. The molecule has 0 spiro atoms. The molecule has 2 saturated heterocycles. The van der Waals surface area contributed by atoms with Crippen molar-refractivity contribution in [2.24, 2.45) is 17.6 Å². The molecule has 2 fully saturated rings. The van der Waals surface area contributed by atoms with E-state index in [0.717, 1.165) is 9.80 Å². The minimum atomic E-state index is -1.93. The summed E-state index contributed by atoms with van der Waals surface area (Å²) in [5, 5.41) is 65.1. The van der Waals surface area contributed by atoms with Gasteiger partial charge >= 0.3 is 5.97 Å². The predicted octanol–water partition coefficient (Wildman–Crippen LogP) is 0.0556. The van der Waals surface area contributed by atoms with Crippen molar-refractivity contribution < 1.29 is 73.4 Å². The third kappa shape index (κ3) is 16.6. The smallest absolute Gasteiger partial charge is 0.329 e. The van der Waals surface area contributed by atoms with E-state index in [4.69, 9.17) is 10.5 Å². The van der Waals surface area contributed by atoms with Gasteiger partial charge in [-0.2, -0.15) is 0 Å². The highest BCUT2D eigenvalue weighted by Crippen LogP contribution is 2.27. The van der Waals surface area contributed by atoms with E-state index in [1.165, 1.54) is 86.8 Å². The molecule has 0 aromatic heterocycles. The van der Waals surface area contributed by atoms with Crippen molar-refractivity contribution >= 4 is 53.2 Å². The zero-order chi connectivity index (χ0) is 56.8. The summed E-state index contributed by atoms with van der Waals surface area (Å²) >= 11 is 0. The minimum absolute atomic E-state index is 0.00000440. The van der Waals surface area contributed by atoms with Gasteiger partial charge in [0, 0.05) is 32.7 Å². The van der Waals surface area contributed by atoms with Gasteiger partial charge in [0.05, 0.1) is 0 Å². The van der Waals surface area contributed by atoms with Crippen LogP contribution in [0.15, 0.2) is 72.8 Å². The molecular formula is C54H72N8O15. The molecule has 8 amide bonds. The minimum Gasteiger partial charge on any atom is -0.508 e. The molecule has 2 aliphatic heterocycles. The fraction of sp³-hybridized carbons (Fsp3) is 0.500. The number of nitrogens with two attached hydrogens (primary N) is 1. The van der Waals surface area contributed by atoms with Gasteiger partial charge in [-0.05, 0) is 97.5 Å². The number of fused-ring (bicyclic) bond motifs is 2. The van der Waals surface area contributed by atoms with E-state index in [0.29, 0.717) is 16.7 Å². The summed E-state index contributed by atoms with van der Waals surface area (Å²) in [6.45, 7) is 8.19. The molecule has 23 nitrogen and oxygen atoms in total. The van der Waals surface area contributed by atoms with Crippen LogP contribution in [-0.4, -0.2) is 156 Å². The Kier molecular flexibility index (Phi) is 21.3. The van der Waals surface area contributed by atoms with Crippen molar-refractivity contribution in [3.05, 3.63) is 89.5 Å². The third-order valence-corrected chi connectivity index (χ3v) is 13.8. The van der Waals surface area contributed by atoms with Crippen LogP contribution >= 0.6 is 0 Å². The number of carbonyl (C=O) groups excluding carboxylic acids is 9. The molecule has 2 bridgehead atoms. The largest absolute Gasteiger partial charge is 0.508 e. The lowest BCUT2D eigenvalue weighted by Gasteiger charge is -2.43. The van der Waals surface area contributed by atoms with Gasteiger partial charge in [-0.1, -0.05) is 70.5 Å². The summed E-state index contributed by atoms with van der Waals surface area (Å²) < 4.78 is 5.94. The zero-order valence-corrected chi connectivity index (χ0v) is 44.0. The van der Waals surface area contributed by atoms with Crippen molar-refractivity contribution in [2.75, 3.05) is 7.05 Å². The average molecular weight is 1070 g/mol. The quantitative estimate of drug-likeness (QED) is 0.0797. The molecule has 2 aliphatic rings. The van der Waals surface area contributed by atoms with Crippen molar-refractivity contribution in [1.29, 1.82) is 0 Å². The standard InChI is InChI=1S/C54H72N8O15/c1-7-29(4)45-54(76)77-30(5)46(60-47(69)37(20-22-43(55)67)56-50(72)42(66)27-33-12-18-36(65)19-13-33)51(73)58-39(25-31-8-14-34(63)15-9-31)48(70)57-38-21-23-44(68)62(52(38)74)41(24-28(2)3)53(75)61(6)40(49(71)59-45)26-32-10-16-35(64)17-11-32/h8-19,28-30,37-42,44-46,63-66,68H,7,20-27H2,1-6H3,(H2,55,67)(H,56,72)(H,57,70)(H,58,73)(H,59,71)(H,60,69)/t29-,30+,37-,38-,39-,40-,41-,42+,44+,45-,46+/m0/s1. The van der Waals surface area contributed by atoms with Crippen LogP contribution < -0.4 is 32.3 Å². The van der Waals surface area contributed by atoms with E-state index < -0.39 is 133 Å². The molecular weight excluding hydrogens is 1000 g/mol. The fourth-order valence-electron chi connectivity index (χ4n) is 9.10. The Labute approximate surface area is 446 Å². The van der Waals surface area contributed by atoms with Gasteiger partial charge in [-0.25, -0.2) is 4.79 Å². The number of nitrogens with zero attached hydrogens (tertiary/aromatic N) is 2. The van der Waals surface area contributed by atoms with Crippen molar-refractivity contribution in [2.45, 2.75) is 153 Å². The van der Waals surface area contributed by atoms with Gasteiger partial charge in [-0.15, -0.1) is 0 Å². The highest BCUT2D eigenvalue weighted by Gasteiger charge is 2.46. The van der Waals surface area contributed by atoms with Gasteiger partial charge in [0.1, 0.15) is 78.0 Å². The van der Waals surface area contributed by atoms with E-state index in [9.17, 15) is 68.7 Å². The van der Waals surface area contributed by atoms with Gasteiger partial charge < -0.3 is 72.4 Å². The summed E-state index contributed by atoms with van der Waals surface area (Å²) in [5.41, 5.74) is 6.75. The van der Waals surface area contributed by atoms with E-state index >= 15 is 0 Å². The highest BCUT2D eigenvalue weighted by molar-refractivity contribution is 5.98. The van der Waals surface area contributed by atoms with Crippen LogP contribution in [0.1, 0.15) is 89.8 Å². The molecule has 5 rings (SSSR count). The second-order valence-electron chi connectivity index (χ2n) is 20.2. The van der Waals surface area contributed by atoms with Gasteiger partial charge in [0.25, 0.3) is 0 Å². The number of ether oxygens (including phenoxy) is 1. The maximum Gasteiger partial charge on any atom is 0.329 e. The number of rotatable bonds is 17. The number of benzene rings is 3. The van der Waals surface area contributed by atoms with Crippen LogP contribution in [0, 0.1) is 11.8 Å². The van der Waals surface area contributed by atoms with Crippen LogP contribution in [0.4, 0.5) is 0 Å². The van der Waals surface area contributed by atoms with Crippen LogP contribution in [0.2, 0.25) is 0 Å². The Morgan fingerprint density at radius 1 is 0.740 bits per heavy atom. The number of aromatic hydroxyl groups is 3.